The highest BCUT2D eigenvalue weighted by molar-refractivity contribution is 6.70. The van der Waals surface area contributed by atoms with Gasteiger partial charge in [0.2, 0.25) is 5.71 Å². The van der Waals surface area contributed by atoms with Crippen molar-refractivity contribution in [3.05, 3.63) is 71.7 Å². The molecule has 0 bridgehead atoms. The fourth-order valence-electron chi connectivity index (χ4n) is 3.74. The zero-order chi connectivity index (χ0) is 17.7. The Morgan fingerprint density at radius 2 is 1.92 bits per heavy atom. The number of hydrazine groups is 1. The summed E-state index contributed by atoms with van der Waals surface area (Å²) >= 11 is 0. The van der Waals surface area contributed by atoms with Gasteiger partial charge in [-0.15, -0.1) is 0 Å². The molecule has 0 aliphatic carbocycles. The highest BCUT2D eigenvalue weighted by atomic mass is 16.3. The Balaban J connectivity index is 1.54. The molecule has 2 aromatic heterocycles. The minimum Gasteiger partial charge on any atom is -0.439 e. The third-order valence-electron chi connectivity index (χ3n) is 5.09. The minimum atomic E-state index is 0.183. The second-order valence-electron chi connectivity index (χ2n) is 6.71. The summed E-state index contributed by atoms with van der Waals surface area (Å²) in [7, 11) is 0. The van der Waals surface area contributed by atoms with Crippen LogP contribution < -0.4 is 15.5 Å². The fraction of sp³-hybridized carbons (Fsp3) is 0.150. The van der Waals surface area contributed by atoms with E-state index in [0.29, 0.717) is 5.71 Å². The minimum absolute atomic E-state index is 0.183. The van der Waals surface area contributed by atoms with Crippen molar-refractivity contribution in [2.75, 3.05) is 4.90 Å². The first-order chi connectivity index (χ1) is 12.7. The summed E-state index contributed by atoms with van der Waals surface area (Å²) in [6.45, 7) is 4.56. The lowest BCUT2D eigenvalue weighted by molar-refractivity contribution is 0.153. The molecule has 0 saturated heterocycles. The third kappa shape index (κ3) is 2.22. The maximum Gasteiger partial charge on any atom is 0.306 e. The van der Waals surface area contributed by atoms with Gasteiger partial charge in [0, 0.05) is 41.1 Å². The van der Waals surface area contributed by atoms with Crippen LogP contribution >= 0.6 is 0 Å². The summed E-state index contributed by atoms with van der Waals surface area (Å²) in [6, 6.07) is 14.4. The molecule has 2 aliphatic heterocycles. The molecule has 26 heavy (non-hydrogen) atoms. The smallest absolute Gasteiger partial charge is 0.306 e. The summed E-state index contributed by atoms with van der Waals surface area (Å²) in [5, 5.41) is 4.39. The van der Waals surface area contributed by atoms with Gasteiger partial charge in [-0.05, 0) is 37.2 Å². The molecule has 5 nitrogen and oxygen atoms in total. The summed E-state index contributed by atoms with van der Waals surface area (Å²) in [4.78, 5) is 8.87. The molecule has 0 saturated carbocycles. The van der Waals surface area contributed by atoms with E-state index in [1.54, 1.807) is 6.20 Å². The topological polar surface area (TPSA) is 35.8 Å². The van der Waals surface area contributed by atoms with E-state index in [9.17, 15) is 0 Å². The van der Waals surface area contributed by atoms with Crippen LogP contribution in [-0.4, -0.2) is 27.9 Å². The van der Waals surface area contributed by atoms with Crippen LogP contribution in [0.4, 0.5) is 5.69 Å². The van der Waals surface area contributed by atoms with Crippen LogP contribution in [0.25, 0.3) is 23.3 Å². The van der Waals surface area contributed by atoms with Gasteiger partial charge in [0.25, 0.3) is 0 Å². The van der Waals surface area contributed by atoms with E-state index >= 15 is 0 Å². The van der Waals surface area contributed by atoms with Crippen molar-refractivity contribution >= 4 is 35.8 Å². The van der Waals surface area contributed by atoms with Crippen molar-refractivity contribution in [3.8, 4) is 0 Å². The van der Waals surface area contributed by atoms with Gasteiger partial charge >= 0.3 is 6.85 Å². The molecule has 0 amide bonds. The molecule has 3 aromatic rings. The SMILES string of the molecule is CB1C=c2oc3ncccc3c2=CN1N1C=CN(c2ccccc2)[C@@H]1C. The second-order valence-corrected chi connectivity index (χ2v) is 6.71. The van der Waals surface area contributed by atoms with E-state index in [-0.39, 0.29) is 13.0 Å². The van der Waals surface area contributed by atoms with Crippen LogP contribution in [0.1, 0.15) is 6.92 Å². The molecule has 4 heterocycles. The zero-order valence-corrected chi connectivity index (χ0v) is 14.8. The number of benzene rings is 1. The third-order valence-corrected chi connectivity index (χ3v) is 5.09. The Kier molecular flexibility index (Phi) is 3.32. The van der Waals surface area contributed by atoms with Crippen molar-refractivity contribution in [1.29, 1.82) is 0 Å². The lowest BCUT2D eigenvalue weighted by Crippen LogP contribution is -2.53. The molecule has 1 aromatic carbocycles. The molecule has 0 radical (unpaired) electrons. The van der Waals surface area contributed by atoms with Gasteiger partial charge in [0.1, 0.15) is 11.6 Å². The number of furan rings is 1. The first kappa shape index (κ1) is 15.1. The van der Waals surface area contributed by atoms with Crippen molar-refractivity contribution < 1.29 is 4.42 Å². The lowest BCUT2D eigenvalue weighted by Gasteiger charge is -2.40. The van der Waals surface area contributed by atoms with Crippen molar-refractivity contribution in [3.63, 3.8) is 0 Å². The maximum absolute atomic E-state index is 5.92. The van der Waals surface area contributed by atoms with Crippen molar-refractivity contribution in [1.82, 2.24) is 14.9 Å². The van der Waals surface area contributed by atoms with Crippen LogP contribution in [0, 0.1) is 0 Å². The molecule has 5 rings (SSSR count). The number of nitrogens with zero attached hydrogens (tertiary/aromatic N) is 4. The Morgan fingerprint density at radius 3 is 2.77 bits per heavy atom. The number of hydrogen-bond acceptors (Lipinski definition) is 5. The Labute approximate surface area is 152 Å². The maximum atomic E-state index is 5.92. The van der Waals surface area contributed by atoms with Gasteiger partial charge in [-0.3, -0.25) is 5.01 Å². The number of anilines is 1. The van der Waals surface area contributed by atoms with Crippen LogP contribution in [0.15, 0.2) is 65.5 Å². The van der Waals surface area contributed by atoms with Crippen LogP contribution in [-0.2, 0) is 0 Å². The predicted octanol–water partition coefficient (Wildman–Crippen LogP) is 2.38. The first-order valence-electron chi connectivity index (χ1n) is 8.88. The first-order valence-corrected chi connectivity index (χ1v) is 8.88. The zero-order valence-electron chi connectivity index (χ0n) is 14.8. The van der Waals surface area contributed by atoms with E-state index in [1.165, 1.54) is 5.69 Å². The average molecular weight is 342 g/mol. The highest BCUT2D eigenvalue weighted by Gasteiger charge is 2.31. The van der Waals surface area contributed by atoms with Crippen molar-refractivity contribution in [2.24, 2.45) is 0 Å². The Morgan fingerprint density at radius 1 is 1.08 bits per heavy atom. The van der Waals surface area contributed by atoms with Gasteiger partial charge in [-0.1, -0.05) is 25.0 Å². The monoisotopic (exact) mass is 342 g/mol. The van der Waals surface area contributed by atoms with Gasteiger partial charge in [-0.2, -0.15) is 0 Å². The van der Waals surface area contributed by atoms with Crippen LogP contribution in [0.3, 0.4) is 0 Å². The summed E-state index contributed by atoms with van der Waals surface area (Å²) in [6.07, 6.45) is 8.38. The molecule has 0 unspecified atom stereocenters. The van der Waals surface area contributed by atoms with E-state index in [1.807, 2.05) is 12.1 Å². The second kappa shape index (κ2) is 5.69. The summed E-state index contributed by atoms with van der Waals surface area (Å²) < 4.78 is 5.92. The van der Waals surface area contributed by atoms with Crippen molar-refractivity contribution in [2.45, 2.75) is 19.9 Å². The molecular weight excluding hydrogens is 323 g/mol. The van der Waals surface area contributed by atoms with Gasteiger partial charge in [0.05, 0.1) is 0 Å². The van der Waals surface area contributed by atoms with Gasteiger partial charge in [0.15, 0.2) is 0 Å². The number of hydrogen-bond donors (Lipinski definition) is 0. The predicted molar refractivity (Wildman–Crippen MR) is 105 cm³/mol. The average Bonchev–Trinajstić information content (AvgIpc) is 3.21. The summed E-state index contributed by atoms with van der Waals surface area (Å²) in [5.74, 6) is 2.16. The largest absolute Gasteiger partial charge is 0.439 e. The number of pyridine rings is 1. The standard InChI is InChI=1S/C20H19BN4O/c1-15-23(16-7-4-3-5-8-16)11-12-24(15)25-14-18-17-9-6-10-22-20(17)26-19(18)13-21(25)2/h3-15H,1-2H3/t15-/m0/s1. The quantitative estimate of drug-likeness (QED) is 0.669. The van der Waals surface area contributed by atoms with E-state index in [2.05, 4.69) is 88.5 Å². The van der Waals surface area contributed by atoms with E-state index < -0.39 is 0 Å². The normalized spacial score (nSPS) is 18.9. The molecule has 128 valence electrons. The lowest BCUT2D eigenvalue weighted by atomic mass is 9.63. The molecule has 0 spiro atoms. The molecule has 0 N–H and O–H groups in total. The van der Waals surface area contributed by atoms with Gasteiger partial charge < -0.3 is 14.2 Å². The molecule has 2 aliphatic rings. The van der Waals surface area contributed by atoms with Crippen LogP contribution in [0.2, 0.25) is 6.82 Å². The molecular formula is C20H19BN4O. The molecule has 6 heteroatoms. The Bertz CT molecular complexity index is 1110. The molecule has 1 atom stereocenters. The number of rotatable bonds is 2. The fourth-order valence-corrected chi connectivity index (χ4v) is 3.74. The Hall–Kier alpha value is -3.15. The van der Waals surface area contributed by atoms with E-state index in [0.717, 1.165) is 16.0 Å². The molecule has 0 fully saturated rings. The van der Waals surface area contributed by atoms with Crippen LogP contribution in [0.5, 0.6) is 0 Å². The number of para-hydroxylation sites is 1. The number of aromatic nitrogens is 1. The van der Waals surface area contributed by atoms with Gasteiger partial charge in [-0.25, -0.2) is 4.98 Å². The highest BCUT2D eigenvalue weighted by Crippen LogP contribution is 2.26. The van der Waals surface area contributed by atoms with E-state index in [4.69, 9.17) is 4.42 Å². The summed E-state index contributed by atoms with van der Waals surface area (Å²) in [5.41, 5.74) is 2.78. The number of fused-ring (bicyclic) bond motifs is 3.